The van der Waals surface area contributed by atoms with E-state index in [-0.39, 0.29) is 5.91 Å². The summed E-state index contributed by atoms with van der Waals surface area (Å²) in [7, 11) is 4.06. The zero-order valence-corrected chi connectivity index (χ0v) is 12.9. The Kier molecular flexibility index (Phi) is 5.26. The number of anilines is 2. The number of hydrogen-bond acceptors (Lipinski definition) is 7. The van der Waals surface area contributed by atoms with Crippen molar-refractivity contribution in [1.82, 2.24) is 25.0 Å². The molecule has 1 aromatic heterocycles. The fourth-order valence-corrected chi connectivity index (χ4v) is 2.14. The Balaban J connectivity index is 1.90. The minimum Gasteiger partial charge on any atom is -0.367 e. The van der Waals surface area contributed by atoms with Crippen molar-refractivity contribution in [3.05, 3.63) is 6.20 Å². The van der Waals surface area contributed by atoms with E-state index in [1.165, 1.54) is 0 Å². The Morgan fingerprint density at radius 2 is 2.05 bits per heavy atom. The SMILES string of the molecule is CC(=O)N1CCN(c2nncc(NCCN(C)C)n2)CC1. The van der Waals surface area contributed by atoms with Crippen molar-refractivity contribution in [2.75, 3.05) is 63.6 Å². The number of carbonyl (C=O) groups excluding carboxylic acids is 1. The minimum atomic E-state index is 0.118. The van der Waals surface area contributed by atoms with E-state index in [4.69, 9.17) is 0 Å². The summed E-state index contributed by atoms with van der Waals surface area (Å²) < 4.78 is 0. The Labute approximate surface area is 125 Å². The third-order valence-corrected chi connectivity index (χ3v) is 3.42. The Bertz CT molecular complexity index is 471. The van der Waals surface area contributed by atoms with Crippen molar-refractivity contribution >= 4 is 17.7 Å². The Hall–Kier alpha value is -1.96. The van der Waals surface area contributed by atoms with Gasteiger partial charge >= 0.3 is 0 Å². The van der Waals surface area contributed by atoms with Crippen LogP contribution in [0.3, 0.4) is 0 Å². The zero-order valence-electron chi connectivity index (χ0n) is 12.9. The quantitative estimate of drug-likeness (QED) is 0.785. The van der Waals surface area contributed by atoms with Crippen LogP contribution in [0.25, 0.3) is 0 Å². The van der Waals surface area contributed by atoms with E-state index in [1.807, 2.05) is 19.0 Å². The summed E-state index contributed by atoms with van der Waals surface area (Å²) in [4.78, 5) is 21.8. The molecule has 0 spiro atoms. The lowest BCUT2D eigenvalue weighted by Gasteiger charge is -2.33. The van der Waals surface area contributed by atoms with Gasteiger partial charge in [-0.25, -0.2) is 0 Å². The average Bonchev–Trinajstić information content (AvgIpc) is 2.47. The molecular weight excluding hydrogens is 270 g/mol. The number of piperazine rings is 1. The van der Waals surface area contributed by atoms with Crippen LogP contribution in [0, 0.1) is 0 Å². The number of likely N-dealkylation sites (N-methyl/N-ethyl adjacent to an activating group) is 1. The summed E-state index contributed by atoms with van der Waals surface area (Å²) in [6, 6.07) is 0. The molecular formula is C13H23N7O. The molecule has 0 bridgehead atoms. The van der Waals surface area contributed by atoms with Gasteiger partial charge in [-0.05, 0) is 14.1 Å². The van der Waals surface area contributed by atoms with Crippen LogP contribution in [0.1, 0.15) is 6.92 Å². The second-order valence-electron chi connectivity index (χ2n) is 5.36. The summed E-state index contributed by atoms with van der Waals surface area (Å²) in [6.45, 7) is 6.22. The lowest BCUT2D eigenvalue weighted by atomic mass is 10.3. The van der Waals surface area contributed by atoms with Gasteiger partial charge in [0.05, 0.1) is 6.20 Å². The van der Waals surface area contributed by atoms with Gasteiger partial charge in [-0.15, -0.1) is 5.10 Å². The molecule has 21 heavy (non-hydrogen) atoms. The van der Waals surface area contributed by atoms with Crippen molar-refractivity contribution in [2.45, 2.75) is 6.92 Å². The molecule has 8 heteroatoms. The van der Waals surface area contributed by atoms with Crippen molar-refractivity contribution in [1.29, 1.82) is 0 Å². The molecule has 0 atom stereocenters. The highest BCUT2D eigenvalue weighted by Gasteiger charge is 2.20. The van der Waals surface area contributed by atoms with Gasteiger partial charge in [0, 0.05) is 46.2 Å². The molecule has 116 valence electrons. The Morgan fingerprint density at radius 3 is 2.67 bits per heavy atom. The molecule has 0 aliphatic carbocycles. The fraction of sp³-hybridized carbons (Fsp3) is 0.692. The average molecular weight is 293 g/mol. The maximum Gasteiger partial charge on any atom is 0.247 e. The Morgan fingerprint density at radius 1 is 1.33 bits per heavy atom. The molecule has 2 rings (SSSR count). The molecule has 1 saturated heterocycles. The van der Waals surface area contributed by atoms with Crippen molar-refractivity contribution in [2.24, 2.45) is 0 Å². The molecule has 1 aromatic rings. The van der Waals surface area contributed by atoms with E-state index in [9.17, 15) is 4.79 Å². The number of aromatic nitrogens is 3. The van der Waals surface area contributed by atoms with E-state index < -0.39 is 0 Å². The summed E-state index contributed by atoms with van der Waals surface area (Å²) >= 11 is 0. The van der Waals surface area contributed by atoms with Crippen molar-refractivity contribution < 1.29 is 4.79 Å². The van der Waals surface area contributed by atoms with Crippen LogP contribution in [0.5, 0.6) is 0 Å². The second kappa shape index (κ2) is 7.16. The van der Waals surface area contributed by atoms with Crippen molar-refractivity contribution in [3.8, 4) is 0 Å². The highest BCUT2D eigenvalue weighted by atomic mass is 16.2. The molecule has 0 saturated carbocycles. The van der Waals surface area contributed by atoms with Crippen molar-refractivity contribution in [3.63, 3.8) is 0 Å². The first-order valence-corrected chi connectivity index (χ1v) is 7.15. The van der Waals surface area contributed by atoms with E-state index in [2.05, 4.69) is 30.3 Å². The van der Waals surface area contributed by atoms with Crippen LogP contribution in [-0.2, 0) is 4.79 Å². The maximum atomic E-state index is 11.3. The molecule has 0 unspecified atom stereocenters. The smallest absolute Gasteiger partial charge is 0.247 e. The van der Waals surface area contributed by atoms with E-state index in [0.717, 1.165) is 32.0 Å². The predicted molar refractivity (Wildman–Crippen MR) is 81.3 cm³/mol. The number of rotatable bonds is 5. The van der Waals surface area contributed by atoms with Gasteiger partial charge in [-0.2, -0.15) is 10.1 Å². The lowest BCUT2D eigenvalue weighted by molar-refractivity contribution is -0.129. The van der Waals surface area contributed by atoms with Crippen LogP contribution >= 0.6 is 0 Å². The number of nitrogens with one attached hydrogen (secondary N) is 1. The van der Waals surface area contributed by atoms with Crippen LogP contribution in [-0.4, -0.2) is 84.3 Å². The van der Waals surface area contributed by atoms with Gasteiger partial charge < -0.3 is 20.0 Å². The van der Waals surface area contributed by atoms with Gasteiger partial charge in [-0.3, -0.25) is 4.79 Å². The third-order valence-electron chi connectivity index (χ3n) is 3.42. The summed E-state index contributed by atoms with van der Waals surface area (Å²) in [6.07, 6.45) is 1.63. The molecule has 2 heterocycles. The summed E-state index contributed by atoms with van der Waals surface area (Å²) in [5.74, 6) is 1.47. The van der Waals surface area contributed by atoms with Crippen LogP contribution in [0.15, 0.2) is 6.20 Å². The van der Waals surface area contributed by atoms with Crippen LogP contribution in [0.2, 0.25) is 0 Å². The summed E-state index contributed by atoms with van der Waals surface area (Å²) in [5, 5.41) is 11.3. The first kappa shape index (κ1) is 15.4. The lowest BCUT2D eigenvalue weighted by Crippen LogP contribution is -2.48. The van der Waals surface area contributed by atoms with Gasteiger partial charge in [0.1, 0.15) is 0 Å². The minimum absolute atomic E-state index is 0.118. The van der Waals surface area contributed by atoms with Gasteiger partial charge in [0.2, 0.25) is 11.9 Å². The number of amides is 1. The molecule has 1 aliphatic heterocycles. The maximum absolute atomic E-state index is 11.3. The van der Waals surface area contributed by atoms with E-state index in [1.54, 1.807) is 13.1 Å². The molecule has 1 fully saturated rings. The number of carbonyl (C=O) groups is 1. The molecule has 0 radical (unpaired) electrons. The molecule has 1 N–H and O–H groups in total. The predicted octanol–water partition coefficient (Wildman–Crippen LogP) is -0.486. The first-order valence-electron chi connectivity index (χ1n) is 7.15. The topological polar surface area (TPSA) is 77.5 Å². The van der Waals surface area contributed by atoms with Crippen LogP contribution in [0.4, 0.5) is 11.8 Å². The first-order chi connectivity index (χ1) is 10.1. The highest BCUT2D eigenvalue weighted by molar-refractivity contribution is 5.73. The number of hydrogen-bond donors (Lipinski definition) is 1. The van der Waals surface area contributed by atoms with Crippen LogP contribution < -0.4 is 10.2 Å². The standard InChI is InChI=1S/C13H23N7O/c1-11(21)19-6-8-20(9-7-19)13-16-12(10-15-17-13)14-4-5-18(2)3/h10H,4-9H2,1-3H3,(H,14,16,17). The second-order valence-corrected chi connectivity index (χ2v) is 5.36. The molecule has 1 aliphatic rings. The van der Waals surface area contributed by atoms with Gasteiger partial charge in [-0.1, -0.05) is 0 Å². The van der Waals surface area contributed by atoms with Gasteiger partial charge in [0.25, 0.3) is 0 Å². The van der Waals surface area contributed by atoms with Gasteiger partial charge in [0.15, 0.2) is 5.82 Å². The van der Waals surface area contributed by atoms with E-state index in [0.29, 0.717) is 19.0 Å². The molecule has 8 nitrogen and oxygen atoms in total. The number of nitrogens with zero attached hydrogens (tertiary/aromatic N) is 6. The summed E-state index contributed by atoms with van der Waals surface area (Å²) in [5.41, 5.74) is 0. The highest BCUT2D eigenvalue weighted by Crippen LogP contribution is 2.12. The zero-order chi connectivity index (χ0) is 15.2. The molecule has 0 aromatic carbocycles. The molecule has 1 amide bonds. The monoisotopic (exact) mass is 293 g/mol. The fourth-order valence-electron chi connectivity index (χ4n) is 2.14. The normalized spacial score (nSPS) is 15.4. The van der Waals surface area contributed by atoms with E-state index >= 15 is 0 Å². The largest absolute Gasteiger partial charge is 0.367 e. The third kappa shape index (κ3) is 4.52.